The number of carbonyl (C=O) groups is 1. The molecule has 21 heavy (non-hydrogen) atoms. The van der Waals surface area contributed by atoms with Gasteiger partial charge < -0.3 is 10.5 Å². The summed E-state index contributed by atoms with van der Waals surface area (Å²) < 4.78 is 5.05. The minimum absolute atomic E-state index is 0.318. The number of hydrogen-bond acceptors (Lipinski definition) is 4. The molecule has 1 unspecified atom stereocenters. The van der Waals surface area contributed by atoms with Gasteiger partial charge in [0.15, 0.2) is 0 Å². The Morgan fingerprint density at radius 1 is 1.38 bits per heavy atom. The predicted octanol–water partition coefficient (Wildman–Crippen LogP) is 2.14. The van der Waals surface area contributed by atoms with Gasteiger partial charge in [0.2, 0.25) is 5.91 Å². The van der Waals surface area contributed by atoms with Crippen molar-refractivity contribution in [2.75, 3.05) is 31.8 Å². The van der Waals surface area contributed by atoms with E-state index in [9.17, 15) is 4.79 Å². The second kappa shape index (κ2) is 9.82. The highest BCUT2D eigenvalue weighted by Gasteiger charge is 2.37. The molecule has 0 aliphatic rings. The maximum atomic E-state index is 12.2. The first-order valence-electron chi connectivity index (χ1n) is 7.34. The van der Waals surface area contributed by atoms with Crippen molar-refractivity contribution in [3.05, 3.63) is 35.9 Å². The van der Waals surface area contributed by atoms with Gasteiger partial charge in [0.25, 0.3) is 0 Å². The van der Waals surface area contributed by atoms with Crippen LogP contribution < -0.4 is 11.1 Å². The van der Waals surface area contributed by atoms with Gasteiger partial charge >= 0.3 is 0 Å². The van der Waals surface area contributed by atoms with Gasteiger partial charge in [-0.25, -0.2) is 0 Å². The summed E-state index contributed by atoms with van der Waals surface area (Å²) in [5.41, 5.74) is 5.88. The van der Waals surface area contributed by atoms with E-state index in [2.05, 4.69) is 12.2 Å². The maximum Gasteiger partial charge on any atom is 0.243 e. The molecule has 0 bridgehead atoms. The molecule has 3 N–H and O–H groups in total. The second-order valence-electron chi connectivity index (χ2n) is 4.96. The summed E-state index contributed by atoms with van der Waals surface area (Å²) in [7, 11) is 1.70. The van der Waals surface area contributed by atoms with Crippen LogP contribution in [0.4, 0.5) is 0 Å². The number of thioether (sulfide) groups is 1. The molecule has 0 fully saturated rings. The molecule has 0 aliphatic carbocycles. The number of amides is 1. The van der Waals surface area contributed by atoms with Crippen molar-refractivity contribution in [1.82, 2.24) is 5.32 Å². The van der Waals surface area contributed by atoms with Crippen LogP contribution in [-0.4, -0.2) is 37.7 Å². The van der Waals surface area contributed by atoms with Crippen LogP contribution in [0.2, 0.25) is 0 Å². The fraction of sp³-hybridized carbons (Fsp3) is 0.562. The summed E-state index contributed by atoms with van der Waals surface area (Å²) in [6.45, 7) is 3.58. The van der Waals surface area contributed by atoms with Crippen LogP contribution in [-0.2, 0) is 15.1 Å². The number of rotatable bonds is 11. The van der Waals surface area contributed by atoms with Crippen molar-refractivity contribution >= 4 is 17.7 Å². The Balaban J connectivity index is 2.83. The Morgan fingerprint density at radius 2 is 2.10 bits per heavy atom. The van der Waals surface area contributed by atoms with Crippen LogP contribution in [0, 0.1) is 0 Å². The third-order valence-electron chi connectivity index (χ3n) is 3.32. The number of benzene rings is 1. The van der Waals surface area contributed by atoms with Crippen molar-refractivity contribution in [3.63, 3.8) is 0 Å². The highest BCUT2D eigenvalue weighted by molar-refractivity contribution is 7.99. The number of methoxy groups -OCH3 is 1. The van der Waals surface area contributed by atoms with E-state index in [4.69, 9.17) is 10.5 Å². The van der Waals surface area contributed by atoms with E-state index in [0.29, 0.717) is 5.75 Å². The lowest BCUT2D eigenvalue weighted by Gasteiger charge is -2.32. The topological polar surface area (TPSA) is 64.3 Å². The van der Waals surface area contributed by atoms with Crippen molar-refractivity contribution in [2.45, 2.75) is 25.3 Å². The first-order chi connectivity index (χ1) is 10.2. The lowest BCUT2D eigenvalue weighted by Crippen LogP contribution is -2.55. The second-order valence-corrected chi connectivity index (χ2v) is 6.07. The summed E-state index contributed by atoms with van der Waals surface area (Å²) in [4.78, 5) is 12.2. The standard InChI is InChI=1S/C16H26N2O2S/c1-3-10-18-16(15(17)19,13-21-12-7-11-20-2)14-8-5-4-6-9-14/h4-6,8-9,18H,3,7,10-13H2,1-2H3,(H2,17,19). The van der Waals surface area contributed by atoms with Gasteiger partial charge in [0.05, 0.1) is 0 Å². The summed E-state index contributed by atoms with van der Waals surface area (Å²) in [5, 5.41) is 3.36. The van der Waals surface area contributed by atoms with Crippen LogP contribution in [0.15, 0.2) is 30.3 Å². The Morgan fingerprint density at radius 3 is 2.67 bits per heavy atom. The molecule has 0 aliphatic heterocycles. The molecule has 1 amide bonds. The van der Waals surface area contributed by atoms with E-state index in [1.54, 1.807) is 18.9 Å². The zero-order valence-electron chi connectivity index (χ0n) is 12.9. The molecule has 4 nitrogen and oxygen atoms in total. The van der Waals surface area contributed by atoms with E-state index in [-0.39, 0.29) is 5.91 Å². The Bertz CT molecular complexity index is 414. The molecule has 1 aromatic carbocycles. The van der Waals surface area contributed by atoms with Crippen LogP contribution in [0.5, 0.6) is 0 Å². The Labute approximate surface area is 131 Å². The predicted molar refractivity (Wildman–Crippen MR) is 89.4 cm³/mol. The van der Waals surface area contributed by atoms with Gasteiger partial charge in [-0.15, -0.1) is 0 Å². The molecule has 0 radical (unpaired) electrons. The SMILES string of the molecule is CCCNC(CSCCCOC)(C(N)=O)c1ccccc1. The van der Waals surface area contributed by atoms with E-state index in [1.807, 2.05) is 30.3 Å². The number of nitrogens with two attached hydrogens (primary N) is 1. The fourth-order valence-electron chi connectivity index (χ4n) is 2.13. The highest BCUT2D eigenvalue weighted by Crippen LogP contribution is 2.26. The molecular weight excluding hydrogens is 284 g/mol. The quantitative estimate of drug-likeness (QED) is 0.615. The van der Waals surface area contributed by atoms with Crippen LogP contribution in [0.1, 0.15) is 25.3 Å². The maximum absolute atomic E-state index is 12.2. The van der Waals surface area contributed by atoms with Gasteiger partial charge in [-0.1, -0.05) is 37.3 Å². The number of carbonyl (C=O) groups excluding carboxylic acids is 1. The van der Waals surface area contributed by atoms with Gasteiger partial charge in [-0.05, 0) is 30.7 Å². The third-order valence-corrected chi connectivity index (χ3v) is 4.53. The van der Waals surface area contributed by atoms with Crippen molar-refractivity contribution in [3.8, 4) is 0 Å². The van der Waals surface area contributed by atoms with Crippen molar-refractivity contribution in [1.29, 1.82) is 0 Å². The third kappa shape index (κ3) is 5.34. The summed E-state index contributed by atoms with van der Waals surface area (Å²) in [5.74, 6) is 1.26. The molecule has 0 spiro atoms. The highest BCUT2D eigenvalue weighted by atomic mass is 32.2. The molecule has 1 atom stereocenters. The molecule has 0 saturated carbocycles. The average molecular weight is 310 g/mol. The number of ether oxygens (including phenoxy) is 1. The Hall–Kier alpha value is -1.04. The molecular formula is C16H26N2O2S. The van der Waals surface area contributed by atoms with E-state index < -0.39 is 5.54 Å². The minimum atomic E-state index is -0.797. The Kier molecular flexibility index (Phi) is 8.42. The van der Waals surface area contributed by atoms with E-state index in [1.165, 1.54) is 0 Å². The van der Waals surface area contributed by atoms with Crippen molar-refractivity contribution in [2.24, 2.45) is 5.73 Å². The van der Waals surface area contributed by atoms with Crippen LogP contribution in [0.3, 0.4) is 0 Å². The summed E-state index contributed by atoms with van der Waals surface area (Å²) >= 11 is 1.73. The lowest BCUT2D eigenvalue weighted by atomic mass is 9.91. The zero-order chi connectivity index (χ0) is 15.6. The van der Waals surface area contributed by atoms with E-state index in [0.717, 1.165) is 37.3 Å². The lowest BCUT2D eigenvalue weighted by molar-refractivity contribution is -0.123. The smallest absolute Gasteiger partial charge is 0.243 e. The number of nitrogens with one attached hydrogen (secondary N) is 1. The average Bonchev–Trinajstić information content (AvgIpc) is 2.51. The van der Waals surface area contributed by atoms with E-state index >= 15 is 0 Å². The summed E-state index contributed by atoms with van der Waals surface area (Å²) in [6, 6.07) is 9.75. The van der Waals surface area contributed by atoms with Gasteiger partial charge in [0.1, 0.15) is 5.54 Å². The van der Waals surface area contributed by atoms with Crippen LogP contribution in [0.25, 0.3) is 0 Å². The zero-order valence-corrected chi connectivity index (χ0v) is 13.7. The normalized spacial score (nSPS) is 13.8. The molecule has 0 aromatic heterocycles. The van der Waals surface area contributed by atoms with Gasteiger partial charge in [-0.3, -0.25) is 10.1 Å². The van der Waals surface area contributed by atoms with Crippen molar-refractivity contribution < 1.29 is 9.53 Å². The summed E-state index contributed by atoms with van der Waals surface area (Å²) in [6.07, 6.45) is 1.93. The molecule has 1 rings (SSSR count). The monoisotopic (exact) mass is 310 g/mol. The minimum Gasteiger partial charge on any atom is -0.385 e. The molecule has 5 heteroatoms. The number of primary amides is 1. The van der Waals surface area contributed by atoms with Crippen LogP contribution >= 0.6 is 11.8 Å². The largest absolute Gasteiger partial charge is 0.385 e. The molecule has 0 heterocycles. The molecule has 1 aromatic rings. The first-order valence-corrected chi connectivity index (χ1v) is 8.50. The van der Waals surface area contributed by atoms with Gasteiger partial charge in [0, 0.05) is 19.5 Å². The number of hydrogen-bond donors (Lipinski definition) is 2. The molecule has 118 valence electrons. The van der Waals surface area contributed by atoms with Gasteiger partial charge in [-0.2, -0.15) is 11.8 Å². The first kappa shape index (κ1) is 18.0. The fourth-order valence-corrected chi connectivity index (χ4v) is 3.31. The molecule has 0 saturated heterocycles.